The van der Waals surface area contributed by atoms with Crippen LogP contribution in [0.2, 0.25) is 0 Å². The molecule has 1 rings (SSSR count). The fourth-order valence-corrected chi connectivity index (χ4v) is 2.20. The van der Waals surface area contributed by atoms with Gasteiger partial charge in [-0.2, -0.15) is 0 Å². The number of hydrogen-bond acceptors (Lipinski definition) is 3. The molecule has 0 atom stereocenters. The van der Waals surface area contributed by atoms with Crippen LogP contribution in [0.5, 0.6) is 0 Å². The topological polar surface area (TPSA) is 30.5 Å². The highest BCUT2D eigenvalue weighted by atomic mass is 16.5. The highest BCUT2D eigenvalue weighted by Gasteiger charge is 2.13. The molecule has 0 unspecified atom stereocenters. The number of hydrogen-bond donors (Lipinski definition) is 1. The van der Waals surface area contributed by atoms with E-state index in [0.29, 0.717) is 5.92 Å². The lowest BCUT2D eigenvalue weighted by atomic mass is 10.1. The molecular formula is C14H29NO2. The lowest BCUT2D eigenvalue weighted by molar-refractivity contribution is 0.0386. The van der Waals surface area contributed by atoms with Crippen molar-refractivity contribution in [2.45, 2.75) is 39.5 Å². The molecule has 1 aliphatic rings. The molecule has 1 N–H and O–H groups in total. The zero-order valence-electron chi connectivity index (χ0n) is 11.5. The van der Waals surface area contributed by atoms with Gasteiger partial charge < -0.3 is 14.8 Å². The van der Waals surface area contributed by atoms with Gasteiger partial charge in [0, 0.05) is 13.2 Å². The maximum absolute atomic E-state index is 5.49. The number of nitrogens with one attached hydrogen (secondary N) is 1. The van der Waals surface area contributed by atoms with Crippen molar-refractivity contribution in [2.75, 3.05) is 39.5 Å². The predicted octanol–water partition coefficient (Wildman–Crippen LogP) is 2.46. The Kier molecular flexibility index (Phi) is 8.67. The van der Waals surface area contributed by atoms with Gasteiger partial charge in [0.05, 0.1) is 19.8 Å². The molecule has 1 saturated carbocycles. The fourth-order valence-electron chi connectivity index (χ4n) is 2.20. The molecule has 0 aliphatic heterocycles. The first kappa shape index (κ1) is 14.9. The summed E-state index contributed by atoms with van der Waals surface area (Å²) in [6.07, 6.45) is 5.68. The predicted molar refractivity (Wildman–Crippen MR) is 71.3 cm³/mol. The molecule has 0 aromatic carbocycles. The van der Waals surface area contributed by atoms with E-state index in [0.717, 1.165) is 38.9 Å². The maximum atomic E-state index is 5.49. The zero-order valence-corrected chi connectivity index (χ0v) is 11.5. The average Bonchev–Trinajstić information content (AvgIpc) is 2.79. The normalized spacial score (nSPS) is 17.1. The van der Waals surface area contributed by atoms with Gasteiger partial charge in [-0.3, -0.25) is 0 Å². The monoisotopic (exact) mass is 243 g/mol. The van der Waals surface area contributed by atoms with Crippen LogP contribution >= 0.6 is 0 Å². The summed E-state index contributed by atoms with van der Waals surface area (Å²) in [7, 11) is 0. The largest absolute Gasteiger partial charge is 0.379 e. The lowest BCUT2D eigenvalue weighted by Crippen LogP contribution is -2.25. The Bertz CT molecular complexity index is 168. The van der Waals surface area contributed by atoms with E-state index in [1.807, 2.05) is 0 Å². The van der Waals surface area contributed by atoms with E-state index in [9.17, 15) is 0 Å². The second kappa shape index (κ2) is 9.86. The van der Waals surface area contributed by atoms with Crippen molar-refractivity contribution < 1.29 is 9.47 Å². The Labute approximate surface area is 106 Å². The van der Waals surface area contributed by atoms with Gasteiger partial charge in [-0.1, -0.05) is 26.7 Å². The van der Waals surface area contributed by atoms with Crippen LogP contribution in [-0.4, -0.2) is 39.5 Å². The van der Waals surface area contributed by atoms with E-state index in [1.165, 1.54) is 32.2 Å². The average molecular weight is 243 g/mol. The highest BCUT2D eigenvalue weighted by Crippen LogP contribution is 2.23. The van der Waals surface area contributed by atoms with Crippen LogP contribution in [0.15, 0.2) is 0 Å². The standard InChI is InChI=1S/C14H29NO2/c1-13(2)12-17-10-9-16-8-7-15-11-14-5-3-4-6-14/h13-15H,3-12H2,1-2H3. The zero-order chi connectivity index (χ0) is 12.3. The van der Waals surface area contributed by atoms with Crippen LogP contribution in [0.25, 0.3) is 0 Å². The molecule has 0 saturated heterocycles. The Balaban J connectivity index is 1.72. The minimum Gasteiger partial charge on any atom is -0.379 e. The molecule has 0 radical (unpaired) electrons. The molecule has 1 fully saturated rings. The summed E-state index contributed by atoms with van der Waals surface area (Å²) in [4.78, 5) is 0. The van der Waals surface area contributed by atoms with Crippen molar-refractivity contribution >= 4 is 0 Å². The van der Waals surface area contributed by atoms with Crippen molar-refractivity contribution in [3.63, 3.8) is 0 Å². The molecule has 0 heterocycles. The van der Waals surface area contributed by atoms with Gasteiger partial charge in [0.2, 0.25) is 0 Å². The van der Waals surface area contributed by atoms with Crippen LogP contribution in [0.1, 0.15) is 39.5 Å². The summed E-state index contributed by atoms with van der Waals surface area (Å²) in [5.41, 5.74) is 0. The minimum absolute atomic E-state index is 0.614. The van der Waals surface area contributed by atoms with E-state index < -0.39 is 0 Å². The van der Waals surface area contributed by atoms with Crippen LogP contribution in [-0.2, 0) is 9.47 Å². The van der Waals surface area contributed by atoms with Crippen molar-refractivity contribution in [2.24, 2.45) is 11.8 Å². The number of ether oxygens (including phenoxy) is 2. The minimum atomic E-state index is 0.614. The summed E-state index contributed by atoms with van der Waals surface area (Å²) < 4.78 is 10.9. The summed E-state index contributed by atoms with van der Waals surface area (Å²) in [6, 6.07) is 0. The third-order valence-corrected chi connectivity index (χ3v) is 3.15. The van der Waals surface area contributed by atoms with Crippen LogP contribution in [0, 0.1) is 11.8 Å². The maximum Gasteiger partial charge on any atom is 0.0701 e. The van der Waals surface area contributed by atoms with E-state index >= 15 is 0 Å². The van der Waals surface area contributed by atoms with Gasteiger partial charge >= 0.3 is 0 Å². The first-order chi connectivity index (χ1) is 8.29. The molecule has 17 heavy (non-hydrogen) atoms. The molecule has 0 aromatic heterocycles. The van der Waals surface area contributed by atoms with Crippen molar-refractivity contribution in [1.29, 1.82) is 0 Å². The van der Waals surface area contributed by atoms with Crippen molar-refractivity contribution in [3.05, 3.63) is 0 Å². The lowest BCUT2D eigenvalue weighted by Gasteiger charge is -2.11. The molecule has 3 nitrogen and oxygen atoms in total. The van der Waals surface area contributed by atoms with Gasteiger partial charge in [-0.25, -0.2) is 0 Å². The SMILES string of the molecule is CC(C)COCCOCCNCC1CCCC1. The first-order valence-electron chi connectivity index (χ1n) is 7.15. The Morgan fingerprint density at radius 1 is 1.06 bits per heavy atom. The summed E-state index contributed by atoms with van der Waals surface area (Å²) in [5.74, 6) is 1.53. The second-order valence-corrected chi connectivity index (χ2v) is 5.44. The Morgan fingerprint density at radius 3 is 2.47 bits per heavy atom. The third kappa shape index (κ3) is 8.58. The molecule has 3 heteroatoms. The van der Waals surface area contributed by atoms with E-state index in [1.54, 1.807) is 0 Å². The molecule has 0 spiro atoms. The van der Waals surface area contributed by atoms with Crippen molar-refractivity contribution in [1.82, 2.24) is 5.32 Å². The molecule has 0 bridgehead atoms. The van der Waals surface area contributed by atoms with E-state index in [4.69, 9.17) is 9.47 Å². The van der Waals surface area contributed by atoms with Crippen LogP contribution in [0.4, 0.5) is 0 Å². The highest BCUT2D eigenvalue weighted by molar-refractivity contribution is 4.69. The van der Waals surface area contributed by atoms with Crippen LogP contribution in [0.3, 0.4) is 0 Å². The second-order valence-electron chi connectivity index (χ2n) is 5.44. The molecule has 0 amide bonds. The van der Waals surface area contributed by atoms with Gasteiger partial charge in [0.1, 0.15) is 0 Å². The van der Waals surface area contributed by atoms with Gasteiger partial charge in [-0.05, 0) is 31.2 Å². The molecular weight excluding hydrogens is 214 g/mol. The molecule has 1 aliphatic carbocycles. The summed E-state index contributed by atoms with van der Waals surface area (Å²) in [6.45, 7) is 9.55. The Hall–Kier alpha value is -0.120. The molecule has 102 valence electrons. The first-order valence-corrected chi connectivity index (χ1v) is 7.15. The van der Waals surface area contributed by atoms with E-state index in [-0.39, 0.29) is 0 Å². The van der Waals surface area contributed by atoms with Gasteiger partial charge in [0.15, 0.2) is 0 Å². The smallest absolute Gasteiger partial charge is 0.0701 e. The van der Waals surface area contributed by atoms with Crippen LogP contribution < -0.4 is 5.32 Å². The fraction of sp³-hybridized carbons (Fsp3) is 1.00. The van der Waals surface area contributed by atoms with Gasteiger partial charge in [0.25, 0.3) is 0 Å². The Morgan fingerprint density at radius 2 is 1.76 bits per heavy atom. The number of rotatable bonds is 10. The third-order valence-electron chi connectivity index (χ3n) is 3.15. The summed E-state index contributed by atoms with van der Waals surface area (Å²) >= 11 is 0. The summed E-state index contributed by atoms with van der Waals surface area (Å²) in [5, 5.41) is 3.47. The van der Waals surface area contributed by atoms with E-state index in [2.05, 4.69) is 19.2 Å². The molecule has 0 aromatic rings. The van der Waals surface area contributed by atoms with Crippen molar-refractivity contribution in [3.8, 4) is 0 Å². The quantitative estimate of drug-likeness (QED) is 0.598. The van der Waals surface area contributed by atoms with Gasteiger partial charge in [-0.15, -0.1) is 0 Å².